The summed E-state index contributed by atoms with van der Waals surface area (Å²) < 4.78 is 95.5. The standard InChI is InChI=1S/C55H63IN3O13PS/c1-36-45(68-52-49(64-33-41-27-17-8-18-28-41)46(62-31-39-23-13-6-14-24-39)43(35-65-52)61-30-38-21-11-5-12-22-38)48-51(71-55(2,3)70-48)53(66-36)69-50-47(63-32-40-25-15-7-16-26-40)44(58-59-57)42(67-54(50)72-74-73-56)34-60-29-37-19-9-4-10-20-37/h4-28,36,42-54,73H,29-35H2,1-3H3/t36-,42-,43-,44+,45+,46?,47?,48?,49?,50?,51?,52+,53+,54+,73?/m1/s1/i73T. The monoisotopic (exact) mass is 1170 g/mol. The molecule has 0 saturated carbocycles. The normalized spacial score (nSPS) is 31.2. The second-order valence-electron chi connectivity index (χ2n) is 18.8. The first kappa shape index (κ1) is 53.8. The van der Waals surface area contributed by atoms with Crippen molar-refractivity contribution in [3.63, 3.8) is 0 Å². The third kappa shape index (κ3) is 14.9. The zero-order valence-corrected chi connectivity index (χ0v) is 45.2. The third-order valence-electron chi connectivity index (χ3n) is 13.1. The Kier molecular flexibility index (Phi) is 20.1. The van der Waals surface area contributed by atoms with Crippen LogP contribution in [0.2, 0.25) is 0 Å². The Bertz CT molecular complexity index is 2520. The van der Waals surface area contributed by atoms with Gasteiger partial charge >= 0.3 is 0 Å². The molecule has 4 saturated heterocycles. The molecule has 0 amide bonds. The van der Waals surface area contributed by atoms with E-state index in [0.717, 1.165) is 39.5 Å². The van der Waals surface area contributed by atoms with Gasteiger partial charge in [-0.2, -0.15) is 0 Å². The van der Waals surface area contributed by atoms with Crippen molar-refractivity contribution in [3.05, 3.63) is 190 Å². The van der Waals surface area contributed by atoms with Crippen LogP contribution < -0.4 is 0 Å². The Morgan fingerprint density at radius 3 is 1.65 bits per heavy atom. The second kappa shape index (κ2) is 27.6. The third-order valence-corrected chi connectivity index (χ3v) is 15.3. The number of benzene rings is 5. The summed E-state index contributed by atoms with van der Waals surface area (Å²) >= 11 is 2.96. The summed E-state index contributed by atoms with van der Waals surface area (Å²) in [6, 6.07) is 48.2. The van der Waals surface area contributed by atoms with Gasteiger partial charge in [-0.3, -0.25) is 4.18 Å². The molecule has 16 nitrogen and oxygen atoms in total. The summed E-state index contributed by atoms with van der Waals surface area (Å²) in [6.45, 7) is 6.98. The lowest BCUT2D eigenvalue weighted by molar-refractivity contribution is -0.361. The fourth-order valence-corrected chi connectivity index (χ4v) is 11.0. The zero-order valence-electron chi connectivity index (χ0n) is 42.3. The molecule has 0 aromatic heterocycles. The Morgan fingerprint density at radius 2 is 1.11 bits per heavy atom. The minimum atomic E-state index is -1.40. The minimum Gasteiger partial charge on any atom is -0.374 e. The van der Waals surface area contributed by atoms with E-state index in [4.69, 9.17) is 62.3 Å². The molecule has 0 aliphatic carbocycles. The average Bonchev–Trinajstić information content (AvgIpc) is 3.77. The van der Waals surface area contributed by atoms with Crippen molar-refractivity contribution in [2.75, 3.05) is 13.2 Å². The average molecular weight is 1170 g/mol. The number of azide groups is 1. The molecule has 0 radical (unpaired) electrons. The number of ether oxygens (including phenoxy) is 12. The number of rotatable bonds is 24. The molecule has 9 rings (SSSR count). The first-order valence-corrected chi connectivity index (χ1v) is 29.8. The van der Waals surface area contributed by atoms with Crippen molar-refractivity contribution >= 4 is 39.1 Å². The molecule has 4 aliphatic heterocycles. The second-order valence-corrected chi connectivity index (χ2v) is 23.7. The van der Waals surface area contributed by atoms with Crippen molar-refractivity contribution < 1.29 is 61.0 Å². The molecule has 15 atom stereocenters. The number of fused-ring (bicyclic) bond motifs is 1. The highest BCUT2D eigenvalue weighted by Gasteiger charge is 2.59. The van der Waals surface area contributed by atoms with Crippen LogP contribution in [0.5, 0.6) is 0 Å². The van der Waals surface area contributed by atoms with Crippen molar-refractivity contribution in [2.24, 2.45) is 5.11 Å². The van der Waals surface area contributed by atoms with Gasteiger partial charge in [-0.25, -0.2) is 0 Å². The minimum absolute atomic E-state index is 0.0318. The topological polar surface area (TPSA) is 169 Å². The highest BCUT2D eigenvalue weighted by atomic mass is 127. The molecule has 4 fully saturated rings. The van der Waals surface area contributed by atoms with E-state index < -0.39 is 97.1 Å². The van der Waals surface area contributed by atoms with E-state index in [1.807, 2.05) is 194 Å². The van der Waals surface area contributed by atoms with E-state index >= 15 is 0 Å². The molecule has 0 bridgehead atoms. The van der Waals surface area contributed by atoms with Gasteiger partial charge < -0.3 is 56.8 Å². The van der Waals surface area contributed by atoms with Crippen LogP contribution in [0.4, 0.5) is 0 Å². The Labute approximate surface area is 452 Å². The maximum absolute atomic E-state index is 10.1. The van der Waals surface area contributed by atoms with Crippen molar-refractivity contribution in [1.82, 2.24) is 0 Å². The van der Waals surface area contributed by atoms with Crippen LogP contribution >= 0.6 is 39.1 Å². The highest BCUT2D eigenvalue weighted by Crippen LogP contribution is 2.45. The zero-order chi connectivity index (χ0) is 52.0. The number of nitrogens with zero attached hydrogens (tertiary/aromatic N) is 3. The van der Waals surface area contributed by atoms with Gasteiger partial charge in [0.05, 0.1) is 65.8 Å². The number of hydrogen-bond donors (Lipinski definition) is 0. The quantitative estimate of drug-likeness (QED) is 0.0143. The molecule has 0 spiro atoms. The SMILES string of the molecule is [3H]P(I)SO[C@@H]1O[C@H](COCc2ccccc2)[C@H](N=[N+]=[N-])C(OCc2ccccc2)C1O[C@@H]1O[C@H](C)[C@H](O[C@@H]2OC[C@@H](OCc3ccccc3)C(OCc3ccccc3)C2OCc2ccccc2)C2OC(C)(C)OC21. The summed E-state index contributed by atoms with van der Waals surface area (Å²) in [5.41, 5.74) is 14.9. The van der Waals surface area contributed by atoms with E-state index in [1.54, 1.807) is 0 Å². The van der Waals surface area contributed by atoms with Gasteiger partial charge in [0.1, 0.15) is 48.8 Å². The smallest absolute Gasteiger partial charge is 0.200 e. The van der Waals surface area contributed by atoms with E-state index in [1.165, 1.54) is 0 Å². The molecule has 0 N–H and O–H groups in total. The van der Waals surface area contributed by atoms with Gasteiger partial charge in [0, 0.05) is 21.9 Å². The molecule has 5 aromatic rings. The van der Waals surface area contributed by atoms with Crippen LogP contribution in [0.15, 0.2) is 157 Å². The fraction of sp³-hybridized carbons (Fsp3) is 0.455. The maximum Gasteiger partial charge on any atom is 0.200 e. The molecule has 5 aromatic carbocycles. The van der Waals surface area contributed by atoms with Gasteiger partial charge in [0.15, 0.2) is 24.7 Å². The van der Waals surface area contributed by atoms with Crippen molar-refractivity contribution in [2.45, 2.75) is 146 Å². The van der Waals surface area contributed by atoms with Crippen LogP contribution in [-0.2, 0) is 94.1 Å². The highest BCUT2D eigenvalue weighted by molar-refractivity contribution is 14.2. The molecule has 394 valence electrons. The summed E-state index contributed by atoms with van der Waals surface area (Å²) in [5.74, 6) is -1.12. The summed E-state index contributed by atoms with van der Waals surface area (Å²) in [4.78, 5) is 3.26. The van der Waals surface area contributed by atoms with Crippen molar-refractivity contribution in [3.8, 4) is 0 Å². The van der Waals surface area contributed by atoms with Gasteiger partial charge in [0.2, 0.25) is 0 Å². The molecular formula is C55H63IN3O13PS. The maximum atomic E-state index is 10.1. The predicted octanol–water partition coefficient (Wildman–Crippen LogP) is 10.9. The summed E-state index contributed by atoms with van der Waals surface area (Å²) in [5, 5.41) is 2.86. The van der Waals surface area contributed by atoms with Crippen LogP contribution in [0, 0.1) is 0 Å². The van der Waals surface area contributed by atoms with Crippen molar-refractivity contribution in [1.29, 1.82) is 1.28 Å². The van der Waals surface area contributed by atoms with Gasteiger partial charge in [-0.1, -0.05) is 157 Å². The summed E-state index contributed by atoms with van der Waals surface area (Å²) in [7, 11) is 0. The molecule has 4 aliphatic rings. The molecule has 19 heteroatoms. The largest absolute Gasteiger partial charge is 0.374 e. The van der Waals surface area contributed by atoms with E-state index in [9.17, 15) is 5.53 Å². The van der Waals surface area contributed by atoms with Crippen LogP contribution in [0.3, 0.4) is 0 Å². The predicted molar refractivity (Wildman–Crippen MR) is 286 cm³/mol. The molecular weight excluding hydrogens is 1100 g/mol. The Morgan fingerprint density at radius 1 is 0.622 bits per heavy atom. The lowest BCUT2D eigenvalue weighted by Crippen LogP contribution is -2.65. The van der Waals surface area contributed by atoms with E-state index in [2.05, 4.69) is 10.0 Å². The first-order valence-electron chi connectivity index (χ1n) is 25.2. The Balaban J connectivity index is 0.989. The lowest BCUT2D eigenvalue weighted by Gasteiger charge is -2.48. The van der Waals surface area contributed by atoms with Gasteiger partial charge in [0.25, 0.3) is 0 Å². The van der Waals surface area contributed by atoms with E-state index in [0.29, 0.717) is 13.2 Å². The number of halogens is 1. The Hall–Kier alpha value is -3.60. The van der Waals surface area contributed by atoms with Crippen LogP contribution in [0.1, 0.15) is 48.6 Å². The van der Waals surface area contributed by atoms with Gasteiger partial charge in [-0.15, -0.1) is 0 Å². The van der Waals surface area contributed by atoms with E-state index in [-0.39, 0.29) is 33.0 Å². The molecule has 74 heavy (non-hydrogen) atoms. The molecule has 4 heterocycles. The lowest BCUT2D eigenvalue weighted by atomic mass is 9.95. The number of hydrogen-bond acceptors (Lipinski definition) is 15. The first-order chi connectivity index (χ1) is 36.6. The van der Waals surface area contributed by atoms with Gasteiger partial charge in [-0.05, 0) is 76.2 Å². The van der Waals surface area contributed by atoms with Crippen LogP contribution in [-0.4, -0.2) is 106 Å². The van der Waals surface area contributed by atoms with Crippen LogP contribution in [0.25, 0.3) is 10.4 Å². The molecule has 7 unspecified atom stereocenters. The fourth-order valence-electron chi connectivity index (χ4n) is 9.55. The summed E-state index contributed by atoms with van der Waals surface area (Å²) in [6.07, 6.45) is -11.3.